The number of carbonyl (C=O) groups excluding carboxylic acids is 1. The van der Waals surface area contributed by atoms with Crippen LogP contribution in [0.25, 0.3) is 0 Å². The van der Waals surface area contributed by atoms with Crippen LogP contribution in [0.3, 0.4) is 0 Å². The zero-order valence-electron chi connectivity index (χ0n) is 12.2. The van der Waals surface area contributed by atoms with Gasteiger partial charge >= 0.3 is 0 Å². The number of aliphatic hydroxyl groups is 2. The van der Waals surface area contributed by atoms with Crippen LogP contribution in [0.1, 0.15) is 36.5 Å². The molecule has 2 heterocycles. The maximum Gasteiger partial charge on any atom is 0.255 e. The zero-order valence-corrected chi connectivity index (χ0v) is 12.2. The van der Waals surface area contributed by atoms with Crippen LogP contribution in [0.2, 0.25) is 0 Å². The number of rotatable bonds is 4. The van der Waals surface area contributed by atoms with E-state index >= 15 is 0 Å². The monoisotopic (exact) mass is 294 g/mol. The third kappa shape index (κ3) is 3.16. The van der Waals surface area contributed by atoms with Gasteiger partial charge in [0.1, 0.15) is 5.75 Å². The largest absolute Gasteiger partial charge is 0.506 e. The van der Waals surface area contributed by atoms with Gasteiger partial charge in [0.2, 0.25) is 0 Å². The van der Waals surface area contributed by atoms with Crippen LogP contribution in [-0.2, 0) is 0 Å². The van der Waals surface area contributed by atoms with E-state index in [1.54, 1.807) is 4.90 Å². The van der Waals surface area contributed by atoms with E-state index in [-0.39, 0.29) is 18.3 Å². The summed E-state index contributed by atoms with van der Waals surface area (Å²) < 4.78 is 0. The summed E-state index contributed by atoms with van der Waals surface area (Å²) in [6.45, 7) is 2.59. The highest BCUT2D eigenvalue weighted by atomic mass is 16.3. The van der Waals surface area contributed by atoms with Gasteiger partial charge in [0.05, 0.1) is 24.5 Å². The molecule has 1 aliphatic heterocycles. The number of aromatic hydroxyl groups is 1. The second-order valence-corrected chi connectivity index (χ2v) is 5.73. The summed E-state index contributed by atoms with van der Waals surface area (Å²) >= 11 is 0. The molecule has 1 aliphatic rings. The van der Waals surface area contributed by atoms with Crippen LogP contribution >= 0.6 is 0 Å². The standard InChI is InChI=1S/C15H22N2O4/c1-2-4-15(10-18)9-17(5-3-13(15)20)14(21)11-6-12(19)8-16-7-11/h6-8,13,18-20H,2-5,9-10H2,1H3/t13-,15-/m0/s1. The second-order valence-electron chi connectivity index (χ2n) is 5.73. The van der Waals surface area contributed by atoms with Gasteiger partial charge in [-0.1, -0.05) is 13.3 Å². The van der Waals surface area contributed by atoms with E-state index in [9.17, 15) is 20.1 Å². The van der Waals surface area contributed by atoms with Gasteiger partial charge in [0.25, 0.3) is 5.91 Å². The predicted octanol–water partition coefficient (Wildman–Crippen LogP) is 0.773. The van der Waals surface area contributed by atoms with Crippen molar-refractivity contribution in [3.8, 4) is 5.75 Å². The molecule has 1 aromatic rings. The van der Waals surface area contributed by atoms with Crippen molar-refractivity contribution in [2.75, 3.05) is 19.7 Å². The number of hydrogen-bond donors (Lipinski definition) is 3. The van der Waals surface area contributed by atoms with Gasteiger partial charge in [-0.3, -0.25) is 9.78 Å². The highest BCUT2D eigenvalue weighted by molar-refractivity contribution is 5.94. The van der Waals surface area contributed by atoms with E-state index in [4.69, 9.17) is 0 Å². The summed E-state index contributed by atoms with van der Waals surface area (Å²) in [5.74, 6) is -0.292. The molecule has 6 heteroatoms. The summed E-state index contributed by atoms with van der Waals surface area (Å²) in [7, 11) is 0. The van der Waals surface area contributed by atoms with E-state index in [1.165, 1.54) is 18.5 Å². The molecule has 1 aromatic heterocycles. The van der Waals surface area contributed by atoms with Crippen LogP contribution in [0, 0.1) is 5.41 Å². The first-order valence-electron chi connectivity index (χ1n) is 7.24. The minimum Gasteiger partial charge on any atom is -0.506 e. The number of pyridine rings is 1. The molecule has 0 aromatic carbocycles. The average molecular weight is 294 g/mol. The molecular weight excluding hydrogens is 272 g/mol. The Morgan fingerprint density at radius 1 is 1.52 bits per heavy atom. The van der Waals surface area contributed by atoms with Gasteiger partial charge in [-0.15, -0.1) is 0 Å². The molecule has 0 saturated carbocycles. The van der Waals surface area contributed by atoms with Crippen molar-refractivity contribution < 1.29 is 20.1 Å². The third-order valence-electron chi connectivity index (χ3n) is 4.21. The zero-order chi connectivity index (χ0) is 15.5. The molecule has 1 amide bonds. The smallest absolute Gasteiger partial charge is 0.255 e. The van der Waals surface area contributed by atoms with Crippen molar-refractivity contribution >= 4 is 5.91 Å². The van der Waals surface area contributed by atoms with Crippen LogP contribution in [-0.4, -0.2) is 56.9 Å². The van der Waals surface area contributed by atoms with Crippen molar-refractivity contribution in [3.05, 3.63) is 24.0 Å². The molecule has 0 bridgehead atoms. The molecule has 1 saturated heterocycles. The lowest BCUT2D eigenvalue weighted by atomic mass is 9.74. The summed E-state index contributed by atoms with van der Waals surface area (Å²) in [6, 6.07) is 1.38. The van der Waals surface area contributed by atoms with Gasteiger partial charge in [0.15, 0.2) is 0 Å². The molecule has 2 rings (SSSR count). The van der Waals surface area contributed by atoms with Crippen LogP contribution in [0.5, 0.6) is 5.75 Å². The number of hydrogen-bond acceptors (Lipinski definition) is 5. The Morgan fingerprint density at radius 2 is 2.29 bits per heavy atom. The maximum absolute atomic E-state index is 12.5. The van der Waals surface area contributed by atoms with Crippen LogP contribution in [0.4, 0.5) is 0 Å². The molecule has 0 spiro atoms. The normalized spacial score (nSPS) is 25.9. The Morgan fingerprint density at radius 3 is 2.90 bits per heavy atom. The van der Waals surface area contributed by atoms with Crippen LogP contribution < -0.4 is 0 Å². The Hall–Kier alpha value is -1.66. The van der Waals surface area contributed by atoms with Gasteiger partial charge in [-0.2, -0.15) is 0 Å². The number of piperidine rings is 1. The number of likely N-dealkylation sites (tertiary alicyclic amines) is 1. The van der Waals surface area contributed by atoms with Gasteiger partial charge in [-0.05, 0) is 18.9 Å². The number of nitrogens with zero attached hydrogens (tertiary/aromatic N) is 2. The first kappa shape index (κ1) is 15.7. The molecule has 0 aliphatic carbocycles. The minimum atomic E-state index is -0.660. The summed E-state index contributed by atoms with van der Waals surface area (Å²) in [5.41, 5.74) is -0.345. The molecule has 0 radical (unpaired) electrons. The maximum atomic E-state index is 12.5. The first-order chi connectivity index (χ1) is 10.0. The van der Waals surface area contributed by atoms with E-state index in [0.717, 1.165) is 6.42 Å². The molecule has 6 nitrogen and oxygen atoms in total. The van der Waals surface area contributed by atoms with E-state index < -0.39 is 11.5 Å². The van der Waals surface area contributed by atoms with E-state index in [1.807, 2.05) is 6.92 Å². The molecular formula is C15H22N2O4. The topological polar surface area (TPSA) is 93.9 Å². The highest BCUT2D eigenvalue weighted by Crippen LogP contribution is 2.35. The summed E-state index contributed by atoms with van der Waals surface area (Å²) in [5, 5.41) is 29.3. The quantitative estimate of drug-likeness (QED) is 0.762. The van der Waals surface area contributed by atoms with Crippen molar-refractivity contribution in [1.82, 2.24) is 9.88 Å². The van der Waals surface area contributed by atoms with Crippen LogP contribution in [0.15, 0.2) is 18.5 Å². The minimum absolute atomic E-state index is 0.0557. The van der Waals surface area contributed by atoms with Gasteiger partial charge in [-0.25, -0.2) is 0 Å². The molecule has 21 heavy (non-hydrogen) atoms. The van der Waals surface area contributed by atoms with Crippen molar-refractivity contribution in [1.29, 1.82) is 0 Å². The van der Waals surface area contributed by atoms with Crippen molar-refractivity contribution in [2.45, 2.75) is 32.3 Å². The lowest BCUT2D eigenvalue weighted by Gasteiger charge is -2.45. The van der Waals surface area contributed by atoms with Gasteiger partial charge in [0, 0.05) is 24.7 Å². The molecule has 116 valence electrons. The third-order valence-corrected chi connectivity index (χ3v) is 4.21. The highest BCUT2D eigenvalue weighted by Gasteiger charge is 2.43. The van der Waals surface area contributed by atoms with Crippen molar-refractivity contribution in [3.63, 3.8) is 0 Å². The number of amides is 1. The average Bonchev–Trinajstić information content (AvgIpc) is 2.49. The fourth-order valence-electron chi connectivity index (χ4n) is 3.03. The van der Waals surface area contributed by atoms with E-state index in [0.29, 0.717) is 31.5 Å². The number of carbonyl (C=O) groups is 1. The SMILES string of the molecule is CCC[C@@]1(CO)CN(C(=O)c2cncc(O)c2)CC[C@@H]1O. The molecule has 1 fully saturated rings. The number of aliphatic hydroxyl groups excluding tert-OH is 2. The molecule has 0 unspecified atom stereocenters. The summed E-state index contributed by atoms with van der Waals surface area (Å²) in [6.07, 6.45) is 4.01. The fourth-order valence-corrected chi connectivity index (χ4v) is 3.03. The lowest BCUT2D eigenvalue weighted by molar-refractivity contribution is -0.0720. The molecule has 2 atom stereocenters. The second kappa shape index (κ2) is 6.41. The Kier molecular flexibility index (Phi) is 4.80. The Balaban J connectivity index is 2.19. The lowest BCUT2D eigenvalue weighted by Crippen LogP contribution is -2.55. The molecule has 3 N–H and O–H groups in total. The summed E-state index contributed by atoms with van der Waals surface area (Å²) in [4.78, 5) is 17.9. The fraction of sp³-hybridized carbons (Fsp3) is 0.600. The van der Waals surface area contributed by atoms with Gasteiger partial charge < -0.3 is 20.2 Å². The van der Waals surface area contributed by atoms with E-state index in [2.05, 4.69) is 4.98 Å². The Bertz CT molecular complexity index is 508. The Labute approximate surface area is 124 Å². The number of aromatic nitrogens is 1. The van der Waals surface area contributed by atoms with Crippen molar-refractivity contribution in [2.24, 2.45) is 5.41 Å². The predicted molar refractivity (Wildman–Crippen MR) is 76.9 cm³/mol. The first-order valence-corrected chi connectivity index (χ1v) is 7.24.